The van der Waals surface area contributed by atoms with Crippen LogP contribution in [0.4, 0.5) is 23.2 Å². The summed E-state index contributed by atoms with van der Waals surface area (Å²) in [7, 11) is -5.66. The minimum Gasteiger partial charge on any atom is -0.420 e. The van der Waals surface area contributed by atoms with Crippen LogP contribution in [0.1, 0.15) is 55.5 Å². The molecule has 3 aromatic rings. The van der Waals surface area contributed by atoms with E-state index in [9.17, 15) is 50.3 Å². The predicted molar refractivity (Wildman–Crippen MR) is 302 cm³/mol. The molecule has 0 spiro atoms. The molecule has 0 aliphatic carbocycles. The maximum absolute atomic E-state index is 14.0. The molecule has 5 N–H and O–H groups in total. The van der Waals surface area contributed by atoms with Gasteiger partial charge >= 0.3 is 16.1 Å². The van der Waals surface area contributed by atoms with Crippen LogP contribution in [0.5, 0.6) is 5.75 Å². The van der Waals surface area contributed by atoms with Crippen molar-refractivity contribution in [2.45, 2.75) is 56.6 Å². The Morgan fingerprint density at radius 3 is 1.62 bits per heavy atom. The summed E-state index contributed by atoms with van der Waals surface area (Å²) >= 11 is 0. The van der Waals surface area contributed by atoms with Crippen molar-refractivity contribution in [2.24, 2.45) is 10.7 Å². The number of ether oxygens (including phenoxy) is 11. The molecule has 3 aromatic carbocycles. The lowest BCUT2D eigenvalue weighted by Crippen LogP contribution is -2.46. The number of amides is 3. The number of hydrogen-bond acceptors (Lipinski definition) is 21. The average molecular weight is 1260 g/mol. The number of likely N-dealkylation sites (tertiary alicyclic amines) is 1. The van der Waals surface area contributed by atoms with Gasteiger partial charge in [0.25, 0.3) is 11.8 Å². The van der Waals surface area contributed by atoms with Crippen LogP contribution in [0.25, 0.3) is 17.2 Å². The first-order valence-electron chi connectivity index (χ1n) is 28.3. The number of rotatable bonds is 43. The van der Waals surface area contributed by atoms with E-state index in [4.69, 9.17) is 62.5 Å². The van der Waals surface area contributed by atoms with Crippen molar-refractivity contribution in [3.63, 3.8) is 0 Å². The van der Waals surface area contributed by atoms with E-state index in [2.05, 4.69) is 15.0 Å². The maximum Gasteiger partial charge on any atom is 0.313 e. The normalized spacial score (nSPS) is 15.0. The van der Waals surface area contributed by atoms with Gasteiger partial charge in [0, 0.05) is 49.2 Å². The fourth-order valence-electron chi connectivity index (χ4n) is 8.38. The molecule has 3 amide bonds. The molecule has 484 valence electrons. The number of aliphatic hydroxyl groups excluding tert-OH is 1. The van der Waals surface area contributed by atoms with Gasteiger partial charge in [-0.05, 0) is 48.7 Å². The van der Waals surface area contributed by atoms with Crippen LogP contribution >= 0.6 is 0 Å². The predicted octanol–water partition coefficient (Wildman–Crippen LogP) is 3.98. The first-order chi connectivity index (χ1) is 41.9. The van der Waals surface area contributed by atoms with E-state index in [0.29, 0.717) is 128 Å². The highest BCUT2D eigenvalue weighted by molar-refractivity contribution is 7.85. The van der Waals surface area contributed by atoms with Crippen LogP contribution < -0.4 is 15.8 Å². The number of carbonyl (C=O) groups excluding carboxylic acids is 4. The molecule has 2 aliphatic heterocycles. The Balaban J connectivity index is 0.776. The third kappa shape index (κ3) is 24.4. The van der Waals surface area contributed by atoms with Gasteiger partial charge in [0.15, 0.2) is 16.5 Å². The minimum absolute atomic E-state index is 0.0102. The number of β-amino-alcohol motifs (C(OH)–C–C–N with tert-alkyl or cyclic N) is 1. The Labute approximate surface area is 501 Å². The van der Waals surface area contributed by atoms with Crippen LogP contribution in [0, 0.1) is 23.3 Å². The maximum atomic E-state index is 14.0. The Hall–Kier alpha value is -6.10. The van der Waals surface area contributed by atoms with Crippen LogP contribution in [0.3, 0.4) is 0 Å². The molecular formula is C57H77F4N5O20S. The second kappa shape index (κ2) is 39.0. The molecule has 1 saturated heterocycles. The molecule has 2 aliphatic rings. The van der Waals surface area contributed by atoms with Gasteiger partial charge in [-0.15, -0.1) is 0 Å². The third-order valence-electron chi connectivity index (χ3n) is 12.5. The van der Waals surface area contributed by atoms with Gasteiger partial charge < -0.3 is 73.2 Å². The average Bonchev–Trinajstić information content (AvgIpc) is 1.74. The highest BCUT2D eigenvalue weighted by Crippen LogP contribution is 2.34. The number of aliphatic imine (C=N–C) groups is 1. The van der Waals surface area contributed by atoms with Gasteiger partial charge in [-0.2, -0.15) is 17.2 Å². The highest BCUT2D eigenvalue weighted by atomic mass is 32.2. The molecule has 30 heteroatoms. The lowest BCUT2D eigenvalue weighted by Gasteiger charge is -2.24. The number of nitrogens with two attached hydrogens (primary N) is 1. The van der Waals surface area contributed by atoms with E-state index < -0.39 is 68.6 Å². The first-order valence-corrected chi connectivity index (χ1v) is 29.7. The quantitative estimate of drug-likeness (QED) is 0.0118. The number of aliphatic hydroxyl groups is 1. The second-order valence-corrected chi connectivity index (χ2v) is 20.4. The number of esters is 1. The fourth-order valence-corrected chi connectivity index (χ4v) is 9.01. The zero-order valence-electron chi connectivity index (χ0n) is 48.7. The number of amidine groups is 1. The van der Waals surface area contributed by atoms with Gasteiger partial charge in [0.2, 0.25) is 23.3 Å². The summed E-state index contributed by atoms with van der Waals surface area (Å²) in [4.78, 5) is 61.3. The fraction of sp³-hybridized carbons (Fsp3) is 0.561. The summed E-state index contributed by atoms with van der Waals surface area (Å²) in [5.41, 5.74) is 10.1. The second-order valence-electron chi connectivity index (χ2n) is 19.0. The van der Waals surface area contributed by atoms with Crippen LogP contribution in [-0.2, 0) is 76.7 Å². The van der Waals surface area contributed by atoms with Crippen LogP contribution in [0.15, 0.2) is 57.9 Å². The molecule has 0 aromatic heterocycles. The SMILES string of the molecule is CCCN(OCC)C(=O)C1=Cc2ccc(-c3ccc(C(=O)N4C[C@H](O)C[C@H]4C(=O)NCCOCCOCCOCCOCCOCCOCCOCCOCCOCCOCCC(=O)Oc4c(F)c(F)c(S(=O)(=O)O)c(F)c4F)cc3)cc2N=C(N)C1. The molecular weight excluding hydrogens is 1180 g/mol. The first kappa shape index (κ1) is 71.7. The monoisotopic (exact) mass is 1260 g/mol. The van der Waals surface area contributed by atoms with Crippen molar-refractivity contribution < 1.29 is 112 Å². The topological polar surface area (TPSA) is 311 Å². The summed E-state index contributed by atoms with van der Waals surface area (Å²) in [6.45, 7) is 10.2. The Bertz CT molecular complexity index is 2800. The summed E-state index contributed by atoms with van der Waals surface area (Å²) in [5.74, 6) is -13.4. The third-order valence-corrected chi connectivity index (χ3v) is 13.4. The molecule has 2 heterocycles. The van der Waals surface area contributed by atoms with Crippen molar-refractivity contribution in [3.05, 3.63) is 82.4 Å². The zero-order valence-corrected chi connectivity index (χ0v) is 49.5. The lowest BCUT2D eigenvalue weighted by atomic mass is 9.99. The summed E-state index contributed by atoms with van der Waals surface area (Å²) < 4.78 is 145. The number of carbonyl (C=O) groups is 4. The molecule has 1 fully saturated rings. The Morgan fingerprint density at radius 2 is 1.15 bits per heavy atom. The van der Waals surface area contributed by atoms with Crippen molar-refractivity contribution in [3.8, 4) is 16.9 Å². The Kier molecular flexibility index (Phi) is 32.1. The molecule has 25 nitrogen and oxygen atoms in total. The van der Waals surface area contributed by atoms with E-state index >= 15 is 0 Å². The van der Waals surface area contributed by atoms with E-state index in [0.717, 1.165) is 23.1 Å². The van der Waals surface area contributed by atoms with Gasteiger partial charge in [0.05, 0.1) is 157 Å². The molecule has 0 unspecified atom stereocenters. The van der Waals surface area contributed by atoms with Crippen LogP contribution in [0.2, 0.25) is 0 Å². The molecule has 87 heavy (non-hydrogen) atoms. The van der Waals surface area contributed by atoms with Gasteiger partial charge in [-0.25, -0.2) is 18.8 Å². The number of halogens is 4. The lowest BCUT2D eigenvalue weighted by molar-refractivity contribution is -0.180. The largest absolute Gasteiger partial charge is 0.420 e. The molecule has 0 bridgehead atoms. The molecule has 0 radical (unpaired) electrons. The van der Waals surface area contributed by atoms with E-state index in [1.54, 1.807) is 30.3 Å². The summed E-state index contributed by atoms with van der Waals surface area (Å²) in [6.07, 6.45) is 1.36. The van der Waals surface area contributed by atoms with E-state index in [1.807, 2.05) is 32.0 Å². The number of nitrogens with zero attached hydrogens (tertiary/aromatic N) is 3. The van der Waals surface area contributed by atoms with E-state index in [1.165, 1.54) is 9.96 Å². The van der Waals surface area contributed by atoms with Gasteiger partial charge in [0.1, 0.15) is 11.9 Å². The van der Waals surface area contributed by atoms with Crippen molar-refractivity contribution in [2.75, 3.05) is 158 Å². The zero-order chi connectivity index (χ0) is 63.0. The number of fused-ring (bicyclic) bond motifs is 1. The van der Waals surface area contributed by atoms with Crippen molar-refractivity contribution in [1.29, 1.82) is 0 Å². The van der Waals surface area contributed by atoms with E-state index in [-0.39, 0.29) is 83.3 Å². The minimum atomic E-state index is -5.66. The summed E-state index contributed by atoms with van der Waals surface area (Å²) in [6, 6.07) is 11.8. The summed E-state index contributed by atoms with van der Waals surface area (Å²) in [5, 5.41) is 14.6. The molecule has 0 saturated carbocycles. The number of hydroxylamine groups is 2. The Morgan fingerprint density at radius 1 is 0.678 bits per heavy atom. The molecule has 2 atom stereocenters. The van der Waals surface area contributed by atoms with Crippen molar-refractivity contribution >= 4 is 51.4 Å². The van der Waals surface area contributed by atoms with Crippen LogP contribution in [-0.4, -0.2) is 228 Å². The number of benzene rings is 3. The smallest absolute Gasteiger partial charge is 0.313 e. The number of hydrogen-bond donors (Lipinski definition) is 4. The highest BCUT2D eigenvalue weighted by Gasteiger charge is 2.39. The van der Waals surface area contributed by atoms with Gasteiger partial charge in [-0.3, -0.25) is 28.6 Å². The van der Waals surface area contributed by atoms with Crippen molar-refractivity contribution in [1.82, 2.24) is 15.3 Å². The van der Waals surface area contributed by atoms with Gasteiger partial charge in [-0.1, -0.05) is 31.2 Å². The molecule has 5 rings (SSSR count). The standard InChI is InChI=1S/C57H77F4N5O20S/c1-3-13-66(85-4-2)57(71)43-34-42-10-9-41(35-45(42)64-47(62)36-43)39-5-7-40(8-6-39)56(70)65-38-44(67)37-46(65)55(69)63-12-15-76-17-19-78-21-23-80-25-27-82-29-31-84-33-32-83-30-28-81-26-24-79-22-20-77-18-16-75-14-11-48(68)86-53-49(58)51(60)54(87(72,73)74)52(61)50(53)59/h5-10,34-35,44,46,67H,3-4,11-33,36-38H2,1-2H3,(H2,62,64)(H,63,69)(H,72,73,74)/t44-,46+/m1/s1. The number of nitrogens with one attached hydrogen (secondary N) is 1.